The Labute approximate surface area is 167 Å². The van der Waals surface area contributed by atoms with Gasteiger partial charge in [0, 0.05) is 39.7 Å². The molecule has 2 aromatic carbocycles. The molecule has 0 aliphatic heterocycles. The third-order valence-corrected chi connectivity index (χ3v) is 5.83. The van der Waals surface area contributed by atoms with E-state index in [4.69, 9.17) is 0 Å². The molecule has 0 aliphatic carbocycles. The molecular formula is C19H21F2N3O4S. The molecule has 10 heteroatoms. The molecule has 0 atom stereocenters. The van der Waals surface area contributed by atoms with Crippen LogP contribution in [0.15, 0.2) is 47.4 Å². The largest absolute Gasteiger partial charge is 0.352 e. The average Bonchev–Trinajstić information content (AvgIpc) is 2.66. The number of nitrogens with zero attached hydrogens (tertiary/aromatic N) is 1. The highest BCUT2D eigenvalue weighted by Gasteiger charge is 2.16. The van der Waals surface area contributed by atoms with Crippen molar-refractivity contribution >= 4 is 21.8 Å². The molecule has 0 aliphatic rings. The molecule has 0 fully saturated rings. The second-order valence-corrected chi connectivity index (χ2v) is 8.49. The standard InChI is InChI=1S/C19H21F2N3O4S/c1-24(2)29(27,28)15-6-3-13(4-7-15)12-23-18(25)9-10-22-19(26)16-8-5-14(20)11-17(16)21/h3-8,11H,9-10,12H2,1-2H3,(H,22,26)(H,23,25). The Balaban J connectivity index is 1.79. The number of hydrogen-bond acceptors (Lipinski definition) is 4. The van der Waals surface area contributed by atoms with E-state index >= 15 is 0 Å². The lowest BCUT2D eigenvalue weighted by Gasteiger charge is -2.12. The molecule has 156 valence electrons. The van der Waals surface area contributed by atoms with Gasteiger partial charge in [0.05, 0.1) is 10.5 Å². The summed E-state index contributed by atoms with van der Waals surface area (Å²) in [5.41, 5.74) is 0.396. The summed E-state index contributed by atoms with van der Waals surface area (Å²) in [7, 11) is -0.641. The Morgan fingerprint density at radius 1 is 1.00 bits per heavy atom. The lowest BCUT2D eigenvalue weighted by molar-refractivity contribution is -0.121. The normalized spacial score (nSPS) is 11.3. The topological polar surface area (TPSA) is 95.6 Å². The van der Waals surface area contributed by atoms with Gasteiger partial charge in [-0.2, -0.15) is 0 Å². The Morgan fingerprint density at radius 2 is 1.66 bits per heavy atom. The minimum absolute atomic E-state index is 0.0263. The van der Waals surface area contributed by atoms with Gasteiger partial charge in [0.25, 0.3) is 5.91 Å². The number of sulfonamides is 1. The predicted octanol–water partition coefficient (Wildman–Crippen LogP) is 1.65. The Morgan fingerprint density at radius 3 is 2.24 bits per heavy atom. The molecule has 0 heterocycles. The van der Waals surface area contributed by atoms with Crippen LogP contribution in [0.25, 0.3) is 0 Å². The molecule has 0 saturated carbocycles. The Hall–Kier alpha value is -2.85. The van der Waals surface area contributed by atoms with Crippen LogP contribution in [-0.2, 0) is 21.4 Å². The summed E-state index contributed by atoms with van der Waals surface area (Å²) in [5, 5.41) is 5.03. The quantitative estimate of drug-likeness (QED) is 0.672. The first-order valence-electron chi connectivity index (χ1n) is 8.62. The number of carbonyl (C=O) groups is 2. The van der Waals surface area contributed by atoms with Crippen molar-refractivity contribution in [3.05, 3.63) is 65.2 Å². The maximum Gasteiger partial charge on any atom is 0.254 e. The van der Waals surface area contributed by atoms with Gasteiger partial charge in [-0.3, -0.25) is 9.59 Å². The zero-order chi connectivity index (χ0) is 21.6. The highest BCUT2D eigenvalue weighted by atomic mass is 32.2. The number of amides is 2. The number of nitrogens with one attached hydrogen (secondary N) is 2. The smallest absolute Gasteiger partial charge is 0.254 e. The molecular weight excluding hydrogens is 404 g/mol. The summed E-state index contributed by atoms with van der Waals surface area (Å²) in [6.45, 7) is 0.156. The van der Waals surface area contributed by atoms with Crippen molar-refractivity contribution in [3.8, 4) is 0 Å². The van der Waals surface area contributed by atoms with Crippen LogP contribution in [0.3, 0.4) is 0 Å². The van der Waals surface area contributed by atoms with Gasteiger partial charge in [0.15, 0.2) is 0 Å². The van der Waals surface area contributed by atoms with Gasteiger partial charge in [-0.25, -0.2) is 21.5 Å². The third-order valence-electron chi connectivity index (χ3n) is 4.00. The molecule has 2 amide bonds. The highest BCUT2D eigenvalue weighted by Crippen LogP contribution is 2.14. The summed E-state index contributed by atoms with van der Waals surface area (Å²) in [4.78, 5) is 23.9. The fourth-order valence-electron chi connectivity index (χ4n) is 2.34. The third kappa shape index (κ3) is 6.06. The Kier molecular flexibility index (Phi) is 7.40. The van der Waals surface area contributed by atoms with Gasteiger partial charge >= 0.3 is 0 Å². The Bertz CT molecular complexity index is 993. The summed E-state index contributed by atoms with van der Waals surface area (Å²) < 4.78 is 51.5. The van der Waals surface area contributed by atoms with Crippen LogP contribution in [0.5, 0.6) is 0 Å². The van der Waals surface area contributed by atoms with E-state index in [0.29, 0.717) is 11.6 Å². The van der Waals surface area contributed by atoms with E-state index < -0.39 is 27.6 Å². The van der Waals surface area contributed by atoms with Gasteiger partial charge in [-0.15, -0.1) is 0 Å². The van der Waals surface area contributed by atoms with Gasteiger partial charge in [-0.1, -0.05) is 12.1 Å². The fourth-order valence-corrected chi connectivity index (χ4v) is 3.24. The van der Waals surface area contributed by atoms with Gasteiger partial charge < -0.3 is 10.6 Å². The summed E-state index contributed by atoms with van der Waals surface area (Å²) in [6, 6.07) is 8.70. The van der Waals surface area contributed by atoms with Crippen LogP contribution in [-0.4, -0.2) is 45.2 Å². The molecule has 0 saturated heterocycles. The van der Waals surface area contributed by atoms with Crippen LogP contribution in [0.2, 0.25) is 0 Å². The van der Waals surface area contributed by atoms with E-state index in [-0.39, 0.29) is 35.9 Å². The first-order valence-corrected chi connectivity index (χ1v) is 10.1. The van der Waals surface area contributed by atoms with E-state index in [1.165, 1.54) is 26.2 Å². The number of carbonyl (C=O) groups excluding carboxylic acids is 2. The van der Waals surface area contributed by atoms with Crippen molar-refractivity contribution in [2.45, 2.75) is 17.9 Å². The molecule has 29 heavy (non-hydrogen) atoms. The second-order valence-electron chi connectivity index (χ2n) is 6.34. The van der Waals surface area contributed by atoms with Crippen LogP contribution in [0.1, 0.15) is 22.3 Å². The molecule has 0 spiro atoms. The van der Waals surface area contributed by atoms with E-state index in [1.807, 2.05) is 0 Å². The van der Waals surface area contributed by atoms with Crippen molar-refractivity contribution in [2.75, 3.05) is 20.6 Å². The summed E-state index contributed by atoms with van der Waals surface area (Å²) in [5.74, 6) is -2.86. The molecule has 0 unspecified atom stereocenters. The molecule has 2 aromatic rings. The zero-order valence-corrected chi connectivity index (χ0v) is 16.7. The monoisotopic (exact) mass is 425 g/mol. The van der Waals surface area contributed by atoms with Crippen LogP contribution >= 0.6 is 0 Å². The summed E-state index contributed by atoms with van der Waals surface area (Å²) >= 11 is 0. The van der Waals surface area contributed by atoms with Gasteiger partial charge in [-0.05, 0) is 29.8 Å². The number of benzene rings is 2. The van der Waals surface area contributed by atoms with Crippen molar-refractivity contribution in [2.24, 2.45) is 0 Å². The van der Waals surface area contributed by atoms with Crippen molar-refractivity contribution in [1.82, 2.24) is 14.9 Å². The zero-order valence-electron chi connectivity index (χ0n) is 15.9. The lowest BCUT2D eigenvalue weighted by Crippen LogP contribution is -2.31. The number of halogens is 2. The molecule has 0 radical (unpaired) electrons. The first-order chi connectivity index (χ1) is 13.6. The highest BCUT2D eigenvalue weighted by molar-refractivity contribution is 7.89. The molecule has 0 aromatic heterocycles. The van der Waals surface area contributed by atoms with Crippen LogP contribution in [0.4, 0.5) is 8.78 Å². The minimum Gasteiger partial charge on any atom is -0.352 e. The summed E-state index contributed by atoms with van der Waals surface area (Å²) in [6.07, 6.45) is -0.0400. The average molecular weight is 425 g/mol. The second kappa shape index (κ2) is 9.57. The SMILES string of the molecule is CN(C)S(=O)(=O)c1ccc(CNC(=O)CCNC(=O)c2ccc(F)cc2F)cc1. The van der Waals surface area contributed by atoms with Crippen molar-refractivity contribution in [1.29, 1.82) is 0 Å². The van der Waals surface area contributed by atoms with E-state index in [9.17, 15) is 26.8 Å². The van der Waals surface area contributed by atoms with Gasteiger partial charge in [0.1, 0.15) is 11.6 Å². The minimum atomic E-state index is -3.52. The molecule has 0 bridgehead atoms. The molecule has 2 N–H and O–H groups in total. The predicted molar refractivity (Wildman–Crippen MR) is 102 cm³/mol. The van der Waals surface area contributed by atoms with Crippen LogP contribution < -0.4 is 10.6 Å². The van der Waals surface area contributed by atoms with Crippen molar-refractivity contribution < 1.29 is 26.8 Å². The number of rotatable bonds is 8. The number of hydrogen-bond donors (Lipinski definition) is 2. The van der Waals surface area contributed by atoms with E-state index in [0.717, 1.165) is 16.4 Å². The van der Waals surface area contributed by atoms with Gasteiger partial charge in [0.2, 0.25) is 15.9 Å². The van der Waals surface area contributed by atoms with E-state index in [2.05, 4.69) is 10.6 Å². The maximum atomic E-state index is 13.5. The lowest BCUT2D eigenvalue weighted by atomic mass is 10.2. The van der Waals surface area contributed by atoms with E-state index in [1.54, 1.807) is 12.1 Å². The maximum absolute atomic E-state index is 13.5. The fraction of sp³-hybridized carbons (Fsp3) is 0.263. The molecule has 7 nitrogen and oxygen atoms in total. The van der Waals surface area contributed by atoms with Crippen molar-refractivity contribution in [3.63, 3.8) is 0 Å². The first kappa shape index (κ1) is 22.4. The molecule has 2 rings (SSSR count). The van der Waals surface area contributed by atoms with Crippen LogP contribution in [0, 0.1) is 11.6 Å².